The van der Waals surface area contributed by atoms with Crippen molar-refractivity contribution in [2.24, 2.45) is 0 Å². The molecule has 5 heterocycles. The number of aromatic amines is 2. The Morgan fingerprint density at radius 2 is 0.562 bits per heavy atom. The number of rotatable bonds is 8. The molecule has 0 unspecified atom stereocenters. The molecular formula is C44H30N4O12P4-4. The summed E-state index contributed by atoms with van der Waals surface area (Å²) < 4.78 is 48.2. The highest BCUT2D eigenvalue weighted by atomic mass is 31.2. The molecule has 0 radical (unpaired) electrons. The summed E-state index contributed by atoms with van der Waals surface area (Å²) in [5.41, 5.74) is 7.50. The quantitative estimate of drug-likeness (QED) is 0.117. The van der Waals surface area contributed by atoms with Gasteiger partial charge >= 0.3 is 15.2 Å². The second-order valence-electron chi connectivity index (χ2n) is 14.8. The lowest BCUT2D eigenvalue weighted by molar-refractivity contribution is -0.309. The van der Waals surface area contributed by atoms with Crippen molar-refractivity contribution < 1.29 is 57.4 Å². The third-order valence-electron chi connectivity index (χ3n) is 10.7. The van der Waals surface area contributed by atoms with Gasteiger partial charge in [0.15, 0.2) is 0 Å². The number of H-pyrrole nitrogens is 2. The third-order valence-corrected chi connectivity index (χ3v) is 14.5. The van der Waals surface area contributed by atoms with Crippen LogP contribution in [0.15, 0.2) is 121 Å². The molecule has 6 N–H and O–H groups in total. The lowest BCUT2D eigenvalue weighted by Gasteiger charge is -2.29. The molecule has 9 rings (SSSR count). The Bertz CT molecular complexity index is 3020. The summed E-state index contributed by atoms with van der Waals surface area (Å²) >= 11 is 0. The molecule has 322 valence electrons. The zero-order valence-corrected chi connectivity index (χ0v) is 36.2. The van der Waals surface area contributed by atoms with E-state index in [9.17, 15) is 57.4 Å². The van der Waals surface area contributed by atoms with E-state index >= 15 is 0 Å². The first-order valence-electron chi connectivity index (χ1n) is 19.0. The third kappa shape index (κ3) is 8.43. The number of hydrogen-bond donors (Lipinski definition) is 6. The highest BCUT2D eigenvalue weighted by molar-refractivity contribution is 7.60. The maximum absolute atomic E-state index is 12.2. The van der Waals surface area contributed by atoms with Crippen molar-refractivity contribution in [2.75, 3.05) is 0 Å². The van der Waals surface area contributed by atoms with E-state index < -0.39 is 41.0 Å². The molecule has 0 amide bonds. The number of fused-ring (bicyclic) bond motifs is 8. The van der Waals surface area contributed by atoms with Crippen LogP contribution in [0.25, 0.3) is 90.9 Å². The normalized spacial score (nSPS) is 13.1. The zero-order chi connectivity index (χ0) is 45.3. The molecule has 64 heavy (non-hydrogen) atoms. The van der Waals surface area contributed by atoms with E-state index in [-0.39, 0.29) is 10.6 Å². The van der Waals surface area contributed by atoms with Crippen molar-refractivity contribution >= 4 is 98.0 Å². The van der Waals surface area contributed by atoms with Gasteiger partial charge in [0, 0.05) is 44.3 Å². The zero-order valence-electron chi connectivity index (χ0n) is 32.6. The summed E-state index contributed by atoms with van der Waals surface area (Å²) in [6.07, 6.45) is 6.94. The van der Waals surface area contributed by atoms with Gasteiger partial charge < -0.3 is 58.2 Å². The van der Waals surface area contributed by atoms with Gasteiger partial charge in [-0.2, -0.15) is 0 Å². The Labute approximate surface area is 362 Å². The Morgan fingerprint density at radius 1 is 0.344 bits per heavy atom. The minimum absolute atomic E-state index is 0.203. The summed E-state index contributed by atoms with van der Waals surface area (Å²) in [5, 5.41) is -1.24. The van der Waals surface area contributed by atoms with Crippen LogP contribution >= 0.6 is 30.4 Å². The summed E-state index contributed by atoms with van der Waals surface area (Å²) in [6, 6.07) is 29.2. The van der Waals surface area contributed by atoms with Gasteiger partial charge in [-0.25, -0.2) is 9.97 Å². The summed E-state index contributed by atoms with van der Waals surface area (Å²) in [6.45, 7) is 0. The van der Waals surface area contributed by atoms with E-state index in [0.29, 0.717) is 89.4 Å². The van der Waals surface area contributed by atoms with Crippen LogP contribution < -0.4 is 40.8 Å². The first kappa shape index (κ1) is 43.3. The van der Waals surface area contributed by atoms with E-state index in [1.165, 1.54) is 72.8 Å². The molecule has 16 nitrogen and oxygen atoms in total. The van der Waals surface area contributed by atoms with Gasteiger partial charge in [-0.1, -0.05) is 72.8 Å². The van der Waals surface area contributed by atoms with Crippen LogP contribution in [0.3, 0.4) is 0 Å². The Hall–Kier alpha value is -5.92. The second-order valence-corrected chi connectivity index (χ2v) is 21.0. The molecule has 0 saturated heterocycles. The van der Waals surface area contributed by atoms with E-state index in [2.05, 4.69) is 9.97 Å². The Morgan fingerprint density at radius 3 is 0.766 bits per heavy atom. The van der Waals surface area contributed by atoms with Gasteiger partial charge in [-0.15, -0.1) is 0 Å². The summed E-state index contributed by atoms with van der Waals surface area (Å²) in [5.74, 6) is 0. The van der Waals surface area contributed by atoms with Crippen LogP contribution in [0.5, 0.6) is 0 Å². The molecule has 0 spiro atoms. The van der Waals surface area contributed by atoms with Crippen LogP contribution in [-0.4, -0.2) is 39.5 Å². The molecule has 0 fully saturated rings. The fourth-order valence-corrected chi connectivity index (χ4v) is 9.79. The SMILES string of the molecule is O=P([O-])([O-])c1ccc(-c2c3nc(c(-c4ccc(P(=O)(O)O)cc4)c4ccc([nH]4)c(-c4ccc(P(=O)(O)O)cc4)c4nc(c(-c5ccc(P(=O)([O-])[O-])cc5)c5ccc2[nH]5)C=C4)C=C3)cc1. The minimum Gasteiger partial charge on any atom is -0.807 e. The molecule has 2 aliphatic heterocycles. The lowest BCUT2D eigenvalue weighted by Crippen LogP contribution is -2.24. The summed E-state index contributed by atoms with van der Waals surface area (Å²) in [7, 11) is -19.4. The highest BCUT2D eigenvalue weighted by Crippen LogP contribution is 2.41. The maximum Gasteiger partial charge on any atom is 0.356 e. The molecule has 3 aromatic heterocycles. The van der Waals surface area contributed by atoms with E-state index in [4.69, 9.17) is 9.97 Å². The molecule has 20 heteroatoms. The molecule has 8 bridgehead atoms. The van der Waals surface area contributed by atoms with Gasteiger partial charge in [0.2, 0.25) is 0 Å². The predicted molar refractivity (Wildman–Crippen MR) is 238 cm³/mol. The van der Waals surface area contributed by atoms with Crippen LogP contribution in [0.2, 0.25) is 0 Å². The molecule has 0 saturated carbocycles. The van der Waals surface area contributed by atoms with Crippen molar-refractivity contribution in [3.05, 3.63) is 144 Å². The fraction of sp³-hybridized carbons (Fsp3) is 0. The van der Waals surface area contributed by atoms with Crippen molar-refractivity contribution in [3.63, 3.8) is 0 Å². The smallest absolute Gasteiger partial charge is 0.356 e. The summed E-state index contributed by atoms with van der Waals surface area (Å²) in [4.78, 5) is 104. The monoisotopic (exact) mass is 930 g/mol. The van der Waals surface area contributed by atoms with Gasteiger partial charge in [-0.3, -0.25) is 9.13 Å². The van der Waals surface area contributed by atoms with Crippen molar-refractivity contribution in [1.29, 1.82) is 0 Å². The van der Waals surface area contributed by atoms with Gasteiger partial charge in [0.05, 0.1) is 33.4 Å². The highest BCUT2D eigenvalue weighted by Gasteiger charge is 2.22. The fourth-order valence-electron chi connectivity index (χ4n) is 7.69. The average Bonchev–Trinajstić information content (AvgIpc) is 4.08. The standard InChI is InChI=1S/C44H34N4O12P4/c49-61(50,51)29-9-1-25(2-10-29)41-33-17-19-35(45-33)42(26-3-11-30(12-4-26)62(52,53)54)37-21-23-39(47-37)44(28-7-15-32(16-8-28)64(58,59)60)40-24-22-38(48-40)43(36-20-18-34(41)46-36)27-5-13-31(14-6-27)63(55,56)57/h1-24,45,48H,(H2,49,50,51)(H2,52,53,54)(H2,55,56,57)(H2,58,59,60)/p-4. The number of nitrogens with one attached hydrogen (secondary N) is 2. The van der Waals surface area contributed by atoms with E-state index in [0.717, 1.165) is 0 Å². The van der Waals surface area contributed by atoms with Gasteiger partial charge in [-0.05, 0) is 121 Å². The first-order valence-corrected chi connectivity index (χ1v) is 25.3. The molecule has 0 aliphatic carbocycles. The second kappa shape index (κ2) is 16.0. The van der Waals surface area contributed by atoms with Crippen LogP contribution in [0.1, 0.15) is 22.8 Å². The van der Waals surface area contributed by atoms with Crippen molar-refractivity contribution in [2.45, 2.75) is 0 Å². The number of benzene rings is 4. The Kier molecular flexibility index (Phi) is 10.8. The molecule has 4 aromatic carbocycles. The molecule has 0 atom stereocenters. The molecule has 7 aromatic rings. The van der Waals surface area contributed by atoms with Gasteiger partial charge in [0.25, 0.3) is 0 Å². The number of nitrogens with zero attached hydrogens (tertiary/aromatic N) is 2. The van der Waals surface area contributed by atoms with E-state index in [1.807, 2.05) is 0 Å². The number of hydrogen-bond acceptors (Lipinski definition) is 10. The first-order chi connectivity index (χ1) is 30.2. The van der Waals surface area contributed by atoms with Crippen molar-refractivity contribution in [1.82, 2.24) is 19.9 Å². The predicted octanol–water partition coefficient (Wildman–Crippen LogP) is 4.01. The van der Waals surface area contributed by atoms with Crippen LogP contribution in [0, 0.1) is 0 Å². The molecule has 2 aliphatic rings. The van der Waals surface area contributed by atoms with Gasteiger partial charge in [0.1, 0.15) is 0 Å². The average molecular weight is 931 g/mol. The van der Waals surface area contributed by atoms with Crippen LogP contribution in [-0.2, 0) is 18.3 Å². The topological polar surface area (TPSA) is 299 Å². The molecular weight excluding hydrogens is 900 g/mol. The maximum atomic E-state index is 12.2. The minimum atomic E-state index is -5.10. The van der Waals surface area contributed by atoms with Crippen molar-refractivity contribution in [3.8, 4) is 44.5 Å². The lowest BCUT2D eigenvalue weighted by atomic mass is 10.0. The largest absolute Gasteiger partial charge is 0.807 e. The van der Waals surface area contributed by atoms with Crippen LogP contribution in [0.4, 0.5) is 0 Å². The Balaban J connectivity index is 1.43. The van der Waals surface area contributed by atoms with E-state index in [1.54, 1.807) is 72.8 Å². The number of aromatic nitrogens is 4.